The predicted octanol–water partition coefficient (Wildman–Crippen LogP) is -0.290. The quantitative estimate of drug-likeness (QED) is 0.770. The summed E-state index contributed by atoms with van der Waals surface area (Å²) in [6, 6.07) is 3.96. The van der Waals surface area contributed by atoms with E-state index in [0.717, 1.165) is 25.9 Å². The lowest BCUT2D eigenvalue weighted by molar-refractivity contribution is -0.119. The molecule has 1 amide bonds. The number of primary amides is 1. The Labute approximate surface area is 111 Å². The largest absolute Gasteiger partial charge is 0.369 e. The number of nitrogens with zero attached hydrogens (tertiary/aromatic N) is 4. The lowest BCUT2D eigenvalue weighted by atomic mass is 10.0. The van der Waals surface area contributed by atoms with Crippen molar-refractivity contribution >= 4 is 11.7 Å². The Hall–Kier alpha value is -2.20. The van der Waals surface area contributed by atoms with Crippen molar-refractivity contribution < 1.29 is 4.79 Å². The number of carbonyl (C=O) groups excluding carboxylic acids is 1. The minimum Gasteiger partial charge on any atom is -0.369 e. The minimum atomic E-state index is -0.299. The van der Waals surface area contributed by atoms with Gasteiger partial charge in [0.2, 0.25) is 5.91 Å². The molecule has 0 unspecified atom stereocenters. The van der Waals surface area contributed by atoms with Crippen molar-refractivity contribution in [2.24, 2.45) is 5.73 Å². The fourth-order valence-electron chi connectivity index (χ4n) is 2.18. The first-order chi connectivity index (χ1) is 9.19. The number of carbonyl (C=O) groups is 1. The van der Waals surface area contributed by atoms with Crippen LogP contribution in [0.25, 0.3) is 0 Å². The van der Waals surface area contributed by atoms with Crippen LogP contribution in [-0.4, -0.2) is 46.7 Å². The van der Waals surface area contributed by atoms with Gasteiger partial charge in [-0.2, -0.15) is 10.4 Å². The van der Waals surface area contributed by atoms with Crippen molar-refractivity contribution in [1.82, 2.24) is 15.1 Å². The van der Waals surface area contributed by atoms with Gasteiger partial charge in [0, 0.05) is 19.1 Å². The summed E-state index contributed by atoms with van der Waals surface area (Å²) in [5.41, 5.74) is 5.66. The molecule has 1 aliphatic rings. The highest BCUT2D eigenvalue weighted by Gasteiger charge is 2.21. The number of nitriles is 1. The van der Waals surface area contributed by atoms with Crippen LogP contribution in [0, 0.1) is 11.3 Å². The first kappa shape index (κ1) is 13.2. The molecule has 0 atom stereocenters. The van der Waals surface area contributed by atoms with Gasteiger partial charge in [0.05, 0.1) is 18.3 Å². The molecule has 100 valence electrons. The second-order valence-corrected chi connectivity index (χ2v) is 4.57. The van der Waals surface area contributed by atoms with E-state index in [2.05, 4.69) is 21.6 Å². The zero-order valence-corrected chi connectivity index (χ0v) is 10.5. The van der Waals surface area contributed by atoms with E-state index in [1.807, 2.05) is 4.90 Å². The fraction of sp³-hybridized carbons (Fsp3) is 0.500. The van der Waals surface area contributed by atoms with E-state index in [0.29, 0.717) is 17.9 Å². The van der Waals surface area contributed by atoms with E-state index in [1.54, 1.807) is 6.07 Å². The molecule has 1 aliphatic heterocycles. The highest BCUT2D eigenvalue weighted by atomic mass is 16.1. The highest BCUT2D eigenvalue weighted by molar-refractivity contribution is 5.75. The third kappa shape index (κ3) is 3.63. The van der Waals surface area contributed by atoms with E-state index in [1.165, 1.54) is 6.20 Å². The molecule has 0 spiro atoms. The summed E-state index contributed by atoms with van der Waals surface area (Å²) in [7, 11) is 0. The topological polar surface area (TPSA) is 108 Å². The smallest absolute Gasteiger partial charge is 0.231 e. The third-order valence-electron chi connectivity index (χ3n) is 3.15. The minimum absolute atomic E-state index is 0.243. The Morgan fingerprint density at radius 1 is 1.58 bits per heavy atom. The van der Waals surface area contributed by atoms with Crippen molar-refractivity contribution in [3.8, 4) is 6.07 Å². The summed E-state index contributed by atoms with van der Waals surface area (Å²) in [5.74, 6) is 0.227. The summed E-state index contributed by atoms with van der Waals surface area (Å²) in [4.78, 5) is 12.9. The number of anilines is 1. The highest BCUT2D eigenvalue weighted by Crippen LogP contribution is 2.16. The summed E-state index contributed by atoms with van der Waals surface area (Å²) in [5, 5.41) is 19.9. The summed E-state index contributed by atoms with van der Waals surface area (Å²) < 4.78 is 0. The molecule has 0 bridgehead atoms. The maximum absolute atomic E-state index is 10.8. The van der Waals surface area contributed by atoms with Crippen molar-refractivity contribution in [2.75, 3.05) is 25.0 Å². The molecule has 0 aliphatic carbocycles. The lowest BCUT2D eigenvalue weighted by Gasteiger charge is -2.31. The summed E-state index contributed by atoms with van der Waals surface area (Å²) in [6.45, 7) is 1.92. The molecular formula is C12H16N6O. The number of piperidine rings is 1. The second kappa shape index (κ2) is 6.11. The Morgan fingerprint density at radius 2 is 2.32 bits per heavy atom. The number of hydrogen-bond acceptors (Lipinski definition) is 6. The molecule has 19 heavy (non-hydrogen) atoms. The van der Waals surface area contributed by atoms with Crippen molar-refractivity contribution in [3.63, 3.8) is 0 Å². The number of amides is 1. The predicted molar refractivity (Wildman–Crippen MR) is 69.0 cm³/mol. The molecule has 0 saturated carbocycles. The zero-order chi connectivity index (χ0) is 13.7. The Bertz CT molecular complexity index is 489. The van der Waals surface area contributed by atoms with Crippen LogP contribution in [0.2, 0.25) is 0 Å². The van der Waals surface area contributed by atoms with Crippen LogP contribution in [0.4, 0.5) is 5.82 Å². The fourth-order valence-corrected chi connectivity index (χ4v) is 2.18. The van der Waals surface area contributed by atoms with E-state index >= 15 is 0 Å². The Kier molecular flexibility index (Phi) is 4.26. The number of nitrogens with one attached hydrogen (secondary N) is 1. The first-order valence-corrected chi connectivity index (χ1v) is 6.18. The van der Waals surface area contributed by atoms with Gasteiger partial charge in [-0.05, 0) is 18.9 Å². The zero-order valence-electron chi connectivity index (χ0n) is 10.5. The number of hydrogen-bond donors (Lipinski definition) is 2. The van der Waals surface area contributed by atoms with Gasteiger partial charge in [0.25, 0.3) is 0 Å². The monoisotopic (exact) mass is 260 g/mol. The summed E-state index contributed by atoms with van der Waals surface area (Å²) in [6.07, 6.45) is 3.27. The van der Waals surface area contributed by atoms with E-state index < -0.39 is 0 Å². The van der Waals surface area contributed by atoms with Crippen molar-refractivity contribution in [2.45, 2.75) is 18.9 Å². The molecule has 0 radical (unpaired) electrons. The van der Waals surface area contributed by atoms with Gasteiger partial charge < -0.3 is 11.1 Å². The number of nitrogens with two attached hydrogens (primary N) is 1. The molecule has 7 heteroatoms. The van der Waals surface area contributed by atoms with Crippen LogP contribution >= 0.6 is 0 Å². The molecule has 3 N–H and O–H groups in total. The van der Waals surface area contributed by atoms with E-state index in [-0.39, 0.29) is 11.9 Å². The van der Waals surface area contributed by atoms with Gasteiger partial charge in [-0.15, -0.1) is 5.10 Å². The van der Waals surface area contributed by atoms with Crippen LogP contribution in [0.15, 0.2) is 12.3 Å². The molecule has 2 rings (SSSR count). The van der Waals surface area contributed by atoms with Gasteiger partial charge in [-0.1, -0.05) is 0 Å². The molecule has 1 aromatic rings. The molecule has 1 saturated heterocycles. The number of aromatic nitrogens is 2. The lowest BCUT2D eigenvalue weighted by Crippen LogP contribution is -2.43. The molecule has 7 nitrogen and oxygen atoms in total. The average molecular weight is 260 g/mol. The Balaban J connectivity index is 1.89. The van der Waals surface area contributed by atoms with Crippen LogP contribution < -0.4 is 11.1 Å². The maximum Gasteiger partial charge on any atom is 0.231 e. The summed E-state index contributed by atoms with van der Waals surface area (Å²) >= 11 is 0. The van der Waals surface area contributed by atoms with E-state index in [9.17, 15) is 4.79 Å². The van der Waals surface area contributed by atoms with Gasteiger partial charge >= 0.3 is 0 Å². The number of likely N-dealkylation sites (tertiary alicyclic amines) is 1. The van der Waals surface area contributed by atoms with Gasteiger partial charge in [0.1, 0.15) is 6.07 Å². The molecule has 1 fully saturated rings. The maximum atomic E-state index is 10.8. The molecule has 2 heterocycles. The molecule has 0 aromatic carbocycles. The third-order valence-corrected chi connectivity index (χ3v) is 3.15. The molecular weight excluding hydrogens is 244 g/mol. The Morgan fingerprint density at radius 3 is 2.95 bits per heavy atom. The normalized spacial score (nSPS) is 16.8. The van der Waals surface area contributed by atoms with Gasteiger partial charge in [-0.3, -0.25) is 9.69 Å². The van der Waals surface area contributed by atoms with Crippen molar-refractivity contribution in [3.05, 3.63) is 17.8 Å². The van der Waals surface area contributed by atoms with Gasteiger partial charge in [-0.25, -0.2) is 0 Å². The van der Waals surface area contributed by atoms with Crippen LogP contribution in [-0.2, 0) is 4.79 Å². The average Bonchev–Trinajstić information content (AvgIpc) is 2.41. The van der Waals surface area contributed by atoms with Gasteiger partial charge in [0.15, 0.2) is 5.82 Å². The molecule has 1 aromatic heterocycles. The van der Waals surface area contributed by atoms with Crippen molar-refractivity contribution in [1.29, 1.82) is 5.26 Å². The standard InChI is InChI=1S/C12H16N6O/c13-7-9-1-4-15-17-12(9)16-10-2-5-18(6-3-10)8-11(14)19/h1,4,10H,2-3,5-6,8H2,(H2,14,19)(H,16,17). The van der Waals surface area contributed by atoms with Crippen LogP contribution in [0.5, 0.6) is 0 Å². The van der Waals surface area contributed by atoms with Crippen LogP contribution in [0.3, 0.4) is 0 Å². The SMILES string of the molecule is N#Cc1ccnnc1NC1CCN(CC(N)=O)CC1. The van der Waals surface area contributed by atoms with Crippen LogP contribution in [0.1, 0.15) is 18.4 Å². The second-order valence-electron chi connectivity index (χ2n) is 4.57. The number of rotatable bonds is 4. The first-order valence-electron chi connectivity index (χ1n) is 6.18. The van der Waals surface area contributed by atoms with E-state index in [4.69, 9.17) is 11.0 Å².